The van der Waals surface area contributed by atoms with Crippen LogP contribution in [-0.4, -0.2) is 27.5 Å². The number of H-pyrrole nitrogens is 1. The molecule has 0 aliphatic heterocycles. The summed E-state index contributed by atoms with van der Waals surface area (Å²) < 4.78 is 0. The highest BCUT2D eigenvalue weighted by Gasteiger charge is 2.27. The molecule has 1 aromatic carbocycles. The topological polar surface area (TPSA) is 118 Å². The lowest BCUT2D eigenvalue weighted by Gasteiger charge is -2.18. The summed E-state index contributed by atoms with van der Waals surface area (Å²) in [5.74, 6) is -0.207. The first-order chi connectivity index (χ1) is 16.8. The third kappa shape index (κ3) is 4.78. The number of benzene rings is 1. The number of carbonyl (C=O) groups excluding carboxylic acids is 2. The van der Waals surface area contributed by atoms with Crippen LogP contribution < -0.4 is 16.6 Å². The molecule has 4 aromatic rings. The number of primary amides is 1. The van der Waals surface area contributed by atoms with E-state index in [-0.39, 0.29) is 17.2 Å². The summed E-state index contributed by atoms with van der Waals surface area (Å²) in [7, 11) is 0. The van der Waals surface area contributed by atoms with E-state index in [1.165, 1.54) is 22.7 Å². The van der Waals surface area contributed by atoms with Gasteiger partial charge in [-0.25, -0.2) is 4.98 Å². The molecular weight excluding hydrogens is 501 g/mol. The molecule has 35 heavy (non-hydrogen) atoms. The third-order valence-electron chi connectivity index (χ3n) is 6.14. The largest absolute Gasteiger partial charge is 0.365 e. The number of aromatic amines is 1. The van der Waals surface area contributed by atoms with Crippen molar-refractivity contribution in [3.05, 3.63) is 61.6 Å². The van der Waals surface area contributed by atoms with E-state index < -0.39 is 5.91 Å². The number of hydrogen-bond donors (Lipinski definition) is 3. The number of nitrogens with two attached hydrogens (primary N) is 1. The number of amides is 2. The summed E-state index contributed by atoms with van der Waals surface area (Å²) in [6, 6.07) is 8.01. The fourth-order valence-corrected chi connectivity index (χ4v) is 7.44. The fourth-order valence-electron chi connectivity index (χ4n) is 4.34. The van der Waals surface area contributed by atoms with Gasteiger partial charge in [-0.2, -0.15) is 0 Å². The highest BCUT2D eigenvalue weighted by Crippen LogP contribution is 2.39. The zero-order valence-corrected chi connectivity index (χ0v) is 21.7. The van der Waals surface area contributed by atoms with E-state index in [0.717, 1.165) is 58.2 Å². The molecule has 180 valence electrons. The number of nitrogens with one attached hydrogen (secondary N) is 2. The molecular formula is C25H24N4O3S3. The second kappa shape index (κ2) is 9.60. The van der Waals surface area contributed by atoms with E-state index >= 15 is 0 Å². The Balaban J connectivity index is 1.32. The highest BCUT2D eigenvalue weighted by molar-refractivity contribution is 7.99. The van der Waals surface area contributed by atoms with E-state index in [4.69, 9.17) is 5.73 Å². The maximum Gasteiger partial charge on any atom is 0.260 e. The number of aromatic nitrogens is 2. The predicted molar refractivity (Wildman–Crippen MR) is 144 cm³/mol. The summed E-state index contributed by atoms with van der Waals surface area (Å²) in [4.78, 5) is 46.8. The summed E-state index contributed by atoms with van der Waals surface area (Å²) >= 11 is 3.99. The average Bonchev–Trinajstić information content (AvgIpc) is 3.39. The molecule has 0 spiro atoms. The molecule has 3 aromatic heterocycles. The Morgan fingerprint density at radius 2 is 2.06 bits per heavy atom. The minimum atomic E-state index is -0.515. The highest BCUT2D eigenvalue weighted by atomic mass is 32.2. The first-order valence-electron chi connectivity index (χ1n) is 11.3. The molecule has 0 saturated heterocycles. The lowest BCUT2D eigenvalue weighted by atomic mass is 9.88. The molecule has 7 nitrogen and oxygen atoms in total. The van der Waals surface area contributed by atoms with Crippen LogP contribution in [0.3, 0.4) is 0 Å². The molecule has 1 aliphatic carbocycles. The number of fused-ring (bicyclic) bond motifs is 2. The fraction of sp³-hybridized carbons (Fsp3) is 0.280. The second-order valence-electron chi connectivity index (χ2n) is 8.82. The summed E-state index contributed by atoms with van der Waals surface area (Å²) in [5, 5.41) is 6.24. The van der Waals surface area contributed by atoms with Crippen molar-refractivity contribution in [3.63, 3.8) is 0 Å². The first-order valence-corrected chi connectivity index (χ1v) is 13.9. The molecule has 1 unspecified atom stereocenters. The Morgan fingerprint density at radius 3 is 2.80 bits per heavy atom. The van der Waals surface area contributed by atoms with Crippen molar-refractivity contribution < 1.29 is 9.59 Å². The predicted octanol–water partition coefficient (Wildman–Crippen LogP) is 4.98. The SMILES string of the molecule is Cc1ccc(-c2csc3nc(SCC(=O)Nc4sc5c(c4C(N)=O)CCC(C)C5)[nH]c(=O)c23)cc1. The monoisotopic (exact) mass is 524 g/mol. The zero-order valence-electron chi connectivity index (χ0n) is 19.3. The Morgan fingerprint density at radius 1 is 1.29 bits per heavy atom. The number of thiophene rings is 2. The first kappa shape index (κ1) is 23.8. The van der Waals surface area contributed by atoms with Crippen molar-refractivity contribution in [2.45, 2.75) is 38.3 Å². The van der Waals surface area contributed by atoms with Gasteiger partial charge in [0, 0.05) is 15.8 Å². The van der Waals surface area contributed by atoms with Gasteiger partial charge in [-0.15, -0.1) is 22.7 Å². The number of carbonyl (C=O) groups is 2. The Hall–Kier alpha value is -2.95. The quantitative estimate of drug-likeness (QED) is 0.243. The maximum atomic E-state index is 12.9. The van der Waals surface area contributed by atoms with E-state index in [1.807, 2.05) is 36.6 Å². The summed E-state index contributed by atoms with van der Waals surface area (Å²) in [6.45, 7) is 4.20. The lowest BCUT2D eigenvalue weighted by molar-refractivity contribution is -0.113. The van der Waals surface area contributed by atoms with Crippen molar-refractivity contribution in [3.8, 4) is 11.1 Å². The van der Waals surface area contributed by atoms with Crippen LogP contribution in [0.15, 0.2) is 39.6 Å². The minimum absolute atomic E-state index is 0.0435. The van der Waals surface area contributed by atoms with Crippen molar-refractivity contribution in [2.75, 3.05) is 11.1 Å². The van der Waals surface area contributed by atoms with Gasteiger partial charge in [0.2, 0.25) is 5.91 Å². The zero-order chi connectivity index (χ0) is 24.7. The van der Waals surface area contributed by atoms with Gasteiger partial charge in [-0.1, -0.05) is 48.5 Å². The molecule has 0 saturated carbocycles. The van der Waals surface area contributed by atoms with Crippen LogP contribution in [0.2, 0.25) is 0 Å². The van der Waals surface area contributed by atoms with Crippen LogP contribution in [0.5, 0.6) is 0 Å². The molecule has 1 aliphatic rings. The van der Waals surface area contributed by atoms with Crippen LogP contribution in [0.1, 0.15) is 39.7 Å². The number of anilines is 1. The van der Waals surface area contributed by atoms with Gasteiger partial charge in [0.05, 0.1) is 16.7 Å². The number of aryl methyl sites for hydroxylation is 1. The van der Waals surface area contributed by atoms with E-state index in [2.05, 4.69) is 22.2 Å². The average molecular weight is 525 g/mol. The minimum Gasteiger partial charge on any atom is -0.365 e. The molecule has 0 fully saturated rings. The van der Waals surface area contributed by atoms with E-state index in [1.54, 1.807) is 0 Å². The number of hydrogen-bond acceptors (Lipinski definition) is 7. The Kier molecular flexibility index (Phi) is 6.52. The van der Waals surface area contributed by atoms with Gasteiger partial charge in [-0.05, 0) is 43.2 Å². The number of nitrogens with zero attached hydrogens (tertiary/aromatic N) is 1. The molecule has 1 atom stereocenters. The van der Waals surface area contributed by atoms with Crippen LogP contribution in [0.4, 0.5) is 5.00 Å². The van der Waals surface area contributed by atoms with Crippen molar-refractivity contribution in [1.82, 2.24) is 9.97 Å². The third-order valence-corrected chi connectivity index (χ3v) is 9.05. The van der Waals surface area contributed by atoms with Gasteiger partial charge in [0.15, 0.2) is 5.16 Å². The van der Waals surface area contributed by atoms with Gasteiger partial charge < -0.3 is 16.0 Å². The standard InChI is InChI=1S/C25H24N4O3S3/c1-12-3-6-14(7-4-12)16-10-33-23-20(16)22(32)28-25(29-23)34-11-18(30)27-24-19(21(26)31)15-8-5-13(2)9-17(15)35-24/h3-4,6-7,10,13H,5,8-9,11H2,1-2H3,(H2,26,31)(H,27,30)(H,28,29,32). The number of rotatable bonds is 6. The second-order valence-corrected chi connectivity index (χ2v) is 11.8. The maximum absolute atomic E-state index is 12.9. The van der Waals surface area contributed by atoms with Crippen LogP contribution in [0.25, 0.3) is 21.3 Å². The normalized spacial score (nSPS) is 15.2. The molecule has 5 rings (SSSR count). The molecule has 4 N–H and O–H groups in total. The van der Waals surface area contributed by atoms with Gasteiger partial charge in [0.1, 0.15) is 9.83 Å². The Labute approximate surface area is 214 Å². The summed E-state index contributed by atoms with van der Waals surface area (Å²) in [6.07, 6.45) is 2.69. The molecule has 3 heterocycles. The van der Waals surface area contributed by atoms with Crippen LogP contribution in [-0.2, 0) is 17.6 Å². The van der Waals surface area contributed by atoms with E-state index in [0.29, 0.717) is 31.9 Å². The molecule has 0 bridgehead atoms. The van der Waals surface area contributed by atoms with E-state index in [9.17, 15) is 14.4 Å². The Bertz CT molecular complexity index is 1500. The van der Waals surface area contributed by atoms with Crippen molar-refractivity contribution in [2.24, 2.45) is 11.7 Å². The molecule has 10 heteroatoms. The van der Waals surface area contributed by atoms with Gasteiger partial charge >= 0.3 is 0 Å². The van der Waals surface area contributed by atoms with Crippen LogP contribution in [0, 0.1) is 12.8 Å². The van der Waals surface area contributed by atoms with Gasteiger partial charge in [-0.3, -0.25) is 14.4 Å². The smallest absolute Gasteiger partial charge is 0.260 e. The van der Waals surface area contributed by atoms with Crippen LogP contribution >= 0.6 is 34.4 Å². The molecule has 2 amide bonds. The molecule has 0 radical (unpaired) electrons. The van der Waals surface area contributed by atoms with Crippen molar-refractivity contribution >= 4 is 61.5 Å². The van der Waals surface area contributed by atoms with Crippen molar-refractivity contribution in [1.29, 1.82) is 0 Å². The van der Waals surface area contributed by atoms with Gasteiger partial charge in [0.25, 0.3) is 11.5 Å². The number of thioether (sulfide) groups is 1. The lowest BCUT2D eigenvalue weighted by Crippen LogP contribution is -2.20. The summed E-state index contributed by atoms with van der Waals surface area (Å²) in [5.41, 5.74) is 9.79.